The molecule has 2 atom stereocenters. The smallest absolute Gasteiger partial charge is 0.418 e. The Hall–Kier alpha value is -2.92. The van der Waals surface area contributed by atoms with Crippen LogP contribution in [0.3, 0.4) is 0 Å². The SMILES string of the molecule is Cc1ccc(C2(c3ccc(C)cc3)OC(=O)N(C(=O)[C@@H](Br)Cc3ccccc3)[C@H]2C(C)C)cc1. The fraction of sp³-hybridized carbons (Fsp3) is 0.310. The number of hydrogen-bond acceptors (Lipinski definition) is 3. The molecule has 3 aromatic carbocycles. The number of benzene rings is 3. The molecule has 5 heteroatoms. The first-order valence-electron chi connectivity index (χ1n) is 11.6. The number of cyclic esters (lactones) is 1. The molecule has 4 rings (SSSR count). The van der Waals surface area contributed by atoms with Crippen LogP contribution in [0.2, 0.25) is 0 Å². The van der Waals surface area contributed by atoms with Crippen molar-refractivity contribution in [3.05, 3.63) is 107 Å². The van der Waals surface area contributed by atoms with Crippen LogP contribution in [0.4, 0.5) is 4.79 Å². The number of alkyl halides is 1. The third-order valence-corrected chi connectivity index (χ3v) is 7.21. The minimum atomic E-state index is -1.10. The summed E-state index contributed by atoms with van der Waals surface area (Å²) >= 11 is 3.56. The first-order chi connectivity index (χ1) is 16.2. The molecule has 1 heterocycles. The summed E-state index contributed by atoms with van der Waals surface area (Å²) in [6, 6.07) is 25.4. The Morgan fingerprint density at radius 3 is 1.88 bits per heavy atom. The van der Waals surface area contributed by atoms with Crippen molar-refractivity contribution in [2.24, 2.45) is 5.92 Å². The molecule has 1 aliphatic rings. The summed E-state index contributed by atoms with van der Waals surface area (Å²) in [6.45, 7) is 8.12. The molecule has 0 aliphatic carbocycles. The van der Waals surface area contributed by atoms with E-state index >= 15 is 0 Å². The first-order valence-corrected chi connectivity index (χ1v) is 12.5. The number of halogens is 1. The summed E-state index contributed by atoms with van der Waals surface area (Å²) in [7, 11) is 0. The van der Waals surface area contributed by atoms with E-state index in [1.165, 1.54) is 4.90 Å². The maximum atomic E-state index is 13.7. The normalized spacial score (nSPS) is 18.1. The van der Waals surface area contributed by atoms with E-state index in [-0.39, 0.29) is 11.8 Å². The number of aryl methyl sites for hydroxylation is 2. The monoisotopic (exact) mass is 519 g/mol. The molecule has 0 saturated carbocycles. The Morgan fingerprint density at radius 1 is 0.912 bits per heavy atom. The lowest BCUT2D eigenvalue weighted by atomic mass is 9.75. The van der Waals surface area contributed by atoms with E-state index < -0.39 is 22.6 Å². The van der Waals surface area contributed by atoms with Gasteiger partial charge >= 0.3 is 6.09 Å². The predicted octanol–water partition coefficient (Wildman–Crippen LogP) is 6.56. The number of rotatable bonds is 6. The zero-order valence-electron chi connectivity index (χ0n) is 20.0. The molecule has 0 aromatic heterocycles. The van der Waals surface area contributed by atoms with Gasteiger partial charge in [-0.15, -0.1) is 0 Å². The van der Waals surface area contributed by atoms with Crippen molar-refractivity contribution in [2.45, 2.75) is 50.6 Å². The van der Waals surface area contributed by atoms with Gasteiger partial charge in [-0.25, -0.2) is 9.69 Å². The number of carbonyl (C=O) groups excluding carboxylic acids is 2. The second-order valence-electron chi connectivity index (χ2n) is 9.39. The minimum absolute atomic E-state index is 0.0468. The number of nitrogens with zero attached hydrogens (tertiary/aromatic N) is 1. The molecular formula is C29H30BrNO3. The zero-order valence-corrected chi connectivity index (χ0v) is 21.6. The molecular weight excluding hydrogens is 490 g/mol. The fourth-order valence-corrected chi connectivity index (χ4v) is 5.42. The van der Waals surface area contributed by atoms with Crippen molar-refractivity contribution in [2.75, 3.05) is 0 Å². The van der Waals surface area contributed by atoms with Crippen molar-refractivity contribution in [3.8, 4) is 0 Å². The van der Waals surface area contributed by atoms with E-state index in [2.05, 4.69) is 15.9 Å². The second-order valence-corrected chi connectivity index (χ2v) is 10.5. The molecule has 1 aliphatic heterocycles. The maximum Gasteiger partial charge on any atom is 0.418 e. The average Bonchev–Trinajstić information content (AvgIpc) is 3.14. The van der Waals surface area contributed by atoms with E-state index in [9.17, 15) is 9.59 Å². The quantitative estimate of drug-likeness (QED) is 0.346. The van der Waals surface area contributed by atoms with Crippen LogP contribution in [0.15, 0.2) is 78.9 Å². The van der Waals surface area contributed by atoms with E-state index in [1.807, 2.05) is 107 Å². The van der Waals surface area contributed by atoms with Gasteiger partial charge in [0.1, 0.15) is 0 Å². The zero-order chi connectivity index (χ0) is 24.5. The van der Waals surface area contributed by atoms with E-state index in [4.69, 9.17) is 4.74 Å². The highest BCUT2D eigenvalue weighted by atomic mass is 79.9. The van der Waals surface area contributed by atoms with E-state index in [1.54, 1.807) is 0 Å². The summed E-state index contributed by atoms with van der Waals surface area (Å²) in [5.41, 5.74) is 3.88. The summed E-state index contributed by atoms with van der Waals surface area (Å²) in [5, 5.41) is 0. The van der Waals surface area contributed by atoms with Crippen LogP contribution in [0, 0.1) is 19.8 Å². The van der Waals surface area contributed by atoms with Gasteiger partial charge in [-0.1, -0.05) is 120 Å². The molecule has 0 N–H and O–H groups in total. The number of carbonyl (C=O) groups is 2. The predicted molar refractivity (Wildman–Crippen MR) is 138 cm³/mol. The third kappa shape index (κ3) is 4.41. The van der Waals surface area contributed by atoms with Gasteiger partial charge in [0.15, 0.2) is 5.60 Å². The highest BCUT2D eigenvalue weighted by molar-refractivity contribution is 9.10. The van der Waals surface area contributed by atoms with Gasteiger partial charge in [0.05, 0.1) is 10.9 Å². The van der Waals surface area contributed by atoms with Crippen LogP contribution in [-0.2, 0) is 21.6 Å². The summed E-state index contributed by atoms with van der Waals surface area (Å²) in [6.07, 6.45) is -0.126. The van der Waals surface area contributed by atoms with Crippen LogP contribution in [-0.4, -0.2) is 27.8 Å². The van der Waals surface area contributed by atoms with Crippen molar-refractivity contribution in [1.82, 2.24) is 4.90 Å². The standard InChI is InChI=1S/C29H30BrNO3/c1-19(2)26-29(23-14-10-20(3)11-15-23,24-16-12-21(4)13-17-24)34-28(33)31(26)27(32)25(30)18-22-8-6-5-7-9-22/h5-17,19,25-26H,18H2,1-4H3/t25-,26-/m0/s1. The molecule has 2 amide bonds. The molecule has 0 bridgehead atoms. The van der Waals surface area contributed by atoms with Gasteiger partial charge in [0.2, 0.25) is 5.91 Å². The topological polar surface area (TPSA) is 46.6 Å². The Kier molecular flexibility index (Phi) is 6.94. The van der Waals surface area contributed by atoms with Gasteiger partial charge in [-0.3, -0.25) is 4.79 Å². The lowest BCUT2D eigenvalue weighted by Crippen LogP contribution is -2.51. The van der Waals surface area contributed by atoms with Gasteiger partial charge < -0.3 is 4.74 Å². The number of hydrogen-bond donors (Lipinski definition) is 0. The van der Waals surface area contributed by atoms with Crippen molar-refractivity contribution >= 4 is 27.9 Å². The Labute approximate surface area is 210 Å². The molecule has 3 aromatic rings. The van der Waals surface area contributed by atoms with Crippen molar-refractivity contribution < 1.29 is 14.3 Å². The van der Waals surface area contributed by atoms with Crippen LogP contribution < -0.4 is 0 Å². The minimum Gasteiger partial charge on any atom is -0.430 e. The lowest BCUT2D eigenvalue weighted by Gasteiger charge is -2.38. The molecule has 176 valence electrons. The van der Waals surface area contributed by atoms with E-state index in [0.717, 1.165) is 27.8 Å². The molecule has 34 heavy (non-hydrogen) atoms. The van der Waals surface area contributed by atoms with Crippen molar-refractivity contribution in [3.63, 3.8) is 0 Å². The van der Waals surface area contributed by atoms with Gasteiger partial charge in [0, 0.05) is 11.1 Å². The molecule has 0 radical (unpaired) electrons. The molecule has 0 unspecified atom stereocenters. The second kappa shape index (κ2) is 9.75. The summed E-state index contributed by atoms with van der Waals surface area (Å²) in [5.74, 6) is -0.330. The number of imide groups is 1. The van der Waals surface area contributed by atoms with Crippen LogP contribution in [0.1, 0.15) is 41.7 Å². The van der Waals surface area contributed by atoms with E-state index in [0.29, 0.717) is 6.42 Å². The highest BCUT2D eigenvalue weighted by Gasteiger charge is 2.59. The van der Waals surface area contributed by atoms with Crippen molar-refractivity contribution in [1.29, 1.82) is 0 Å². The Balaban J connectivity index is 1.81. The van der Waals surface area contributed by atoms with Crippen LogP contribution in [0.25, 0.3) is 0 Å². The third-order valence-electron chi connectivity index (χ3n) is 6.50. The van der Waals surface area contributed by atoms with Crippen LogP contribution >= 0.6 is 15.9 Å². The van der Waals surface area contributed by atoms with Gasteiger partial charge in [-0.2, -0.15) is 0 Å². The van der Waals surface area contributed by atoms with Gasteiger partial charge in [0.25, 0.3) is 0 Å². The largest absolute Gasteiger partial charge is 0.430 e. The Bertz CT molecular complexity index is 1110. The van der Waals surface area contributed by atoms with Crippen LogP contribution in [0.5, 0.6) is 0 Å². The molecule has 1 fully saturated rings. The number of amides is 2. The maximum absolute atomic E-state index is 13.7. The highest BCUT2D eigenvalue weighted by Crippen LogP contribution is 2.48. The molecule has 1 saturated heterocycles. The number of ether oxygens (including phenoxy) is 1. The Morgan fingerprint density at radius 2 is 1.41 bits per heavy atom. The average molecular weight is 520 g/mol. The fourth-order valence-electron chi connectivity index (χ4n) is 4.82. The summed E-state index contributed by atoms with van der Waals surface area (Å²) < 4.78 is 6.25. The first kappa shape index (κ1) is 24.2. The molecule has 4 nitrogen and oxygen atoms in total. The summed E-state index contributed by atoms with van der Waals surface area (Å²) in [4.78, 5) is 28.0. The van der Waals surface area contributed by atoms with Gasteiger partial charge in [-0.05, 0) is 31.7 Å². The lowest BCUT2D eigenvalue weighted by molar-refractivity contribution is -0.129. The molecule has 0 spiro atoms.